The summed E-state index contributed by atoms with van der Waals surface area (Å²) < 4.78 is 0. The number of thiophene rings is 1. The van der Waals surface area contributed by atoms with Gasteiger partial charge in [-0.15, -0.1) is 11.3 Å². The molecule has 0 aliphatic carbocycles. The maximum Gasteiger partial charge on any atom is 0.274 e. The Hall–Kier alpha value is -2.39. The van der Waals surface area contributed by atoms with Gasteiger partial charge >= 0.3 is 0 Å². The third-order valence-electron chi connectivity index (χ3n) is 2.73. The molecule has 1 heterocycles. The van der Waals surface area contributed by atoms with Gasteiger partial charge in [0.15, 0.2) is 0 Å². The van der Waals surface area contributed by atoms with E-state index in [0.717, 1.165) is 10.6 Å². The maximum absolute atomic E-state index is 10.8. The van der Waals surface area contributed by atoms with Gasteiger partial charge in [-0.05, 0) is 25.1 Å². The second-order valence-corrected chi connectivity index (χ2v) is 5.11. The van der Waals surface area contributed by atoms with Gasteiger partial charge in [-0.1, -0.05) is 6.07 Å². The van der Waals surface area contributed by atoms with Gasteiger partial charge in [0, 0.05) is 28.7 Å². The van der Waals surface area contributed by atoms with Crippen LogP contribution >= 0.6 is 11.3 Å². The van der Waals surface area contributed by atoms with Crippen molar-refractivity contribution >= 4 is 22.7 Å². The standard InChI is InChI=1S/C13H11N3O2S/c1-9-12(3-2-4-13(9)16(17)18)15-8-11-6-5-10(7-14)19-11/h2-6,15H,8H2,1H3. The molecule has 0 aliphatic heterocycles. The summed E-state index contributed by atoms with van der Waals surface area (Å²) in [7, 11) is 0. The molecule has 96 valence electrons. The van der Waals surface area contributed by atoms with E-state index >= 15 is 0 Å². The number of benzene rings is 1. The Morgan fingerprint density at radius 2 is 2.21 bits per heavy atom. The number of anilines is 1. The fourth-order valence-corrected chi connectivity index (χ4v) is 2.47. The molecule has 2 rings (SSSR count). The predicted molar refractivity (Wildman–Crippen MR) is 74.2 cm³/mol. The molecular formula is C13H11N3O2S. The van der Waals surface area contributed by atoms with Crippen LogP contribution in [0.15, 0.2) is 30.3 Å². The summed E-state index contributed by atoms with van der Waals surface area (Å²) in [6.45, 7) is 2.27. The maximum atomic E-state index is 10.8. The quantitative estimate of drug-likeness (QED) is 0.683. The van der Waals surface area contributed by atoms with E-state index in [2.05, 4.69) is 11.4 Å². The zero-order valence-corrected chi connectivity index (χ0v) is 11.0. The number of hydrogen-bond donors (Lipinski definition) is 1. The van der Waals surface area contributed by atoms with Crippen LogP contribution in [-0.2, 0) is 6.54 Å². The van der Waals surface area contributed by atoms with Crippen molar-refractivity contribution in [1.82, 2.24) is 0 Å². The third-order valence-corrected chi connectivity index (χ3v) is 3.72. The summed E-state index contributed by atoms with van der Waals surface area (Å²) in [6.07, 6.45) is 0. The number of nitrogens with zero attached hydrogens (tertiary/aromatic N) is 2. The molecule has 0 amide bonds. The van der Waals surface area contributed by atoms with Gasteiger partial charge in [0.05, 0.1) is 4.92 Å². The lowest BCUT2D eigenvalue weighted by molar-refractivity contribution is -0.385. The Balaban J connectivity index is 2.14. The van der Waals surface area contributed by atoms with Gasteiger partial charge in [0.1, 0.15) is 10.9 Å². The van der Waals surface area contributed by atoms with Crippen LogP contribution in [0.25, 0.3) is 0 Å². The second kappa shape index (κ2) is 5.50. The second-order valence-electron chi connectivity index (χ2n) is 3.94. The van der Waals surface area contributed by atoms with Crippen LogP contribution in [0.5, 0.6) is 0 Å². The van der Waals surface area contributed by atoms with E-state index in [-0.39, 0.29) is 10.6 Å². The average Bonchev–Trinajstić information content (AvgIpc) is 2.85. The molecule has 19 heavy (non-hydrogen) atoms. The van der Waals surface area contributed by atoms with E-state index < -0.39 is 0 Å². The average molecular weight is 273 g/mol. The number of rotatable bonds is 4. The van der Waals surface area contributed by atoms with Crippen molar-refractivity contribution in [1.29, 1.82) is 5.26 Å². The van der Waals surface area contributed by atoms with Crippen molar-refractivity contribution in [2.75, 3.05) is 5.32 Å². The number of hydrogen-bond acceptors (Lipinski definition) is 5. The lowest BCUT2D eigenvalue weighted by Gasteiger charge is -2.08. The molecule has 0 radical (unpaired) electrons. The summed E-state index contributed by atoms with van der Waals surface area (Å²) in [6, 6.07) is 10.7. The Labute approximate surface area is 114 Å². The minimum atomic E-state index is -0.389. The Morgan fingerprint density at radius 1 is 1.42 bits per heavy atom. The van der Waals surface area contributed by atoms with E-state index in [1.165, 1.54) is 17.4 Å². The first kappa shape index (κ1) is 13.1. The largest absolute Gasteiger partial charge is 0.380 e. The minimum absolute atomic E-state index is 0.105. The van der Waals surface area contributed by atoms with Crippen molar-refractivity contribution in [2.45, 2.75) is 13.5 Å². The lowest BCUT2D eigenvalue weighted by atomic mass is 10.1. The Kier molecular flexibility index (Phi) is 3.78. The van der Waals surface area contributed by atoms with Crippen LogP contribution in [0.3, 0.4) is 0 Å². The fraction of sp³-hybridized carbons (Fsp3) is 0.154. The third kappa shape index (κ3) is 2.89. The first-order valence-electron chi connectivity index (χ1n) is 5.58. The highest BCUT2D eigenvalue weighted by molar-refractivity contribution is 7.12. The van der Waals surface area contributed by atoms with Crippen molar-refractivity contribution in [3.05, 3.63) is 55.8 Å². The highest BCUT2D eigenvalue weighted by Gasteiger charge is 2.12. The molecule has 1 aromatic carbocycles. The molecule has 0 saturated heterocycles. The zero-order valence-electron chi connectivity index (χ0n) is 10.2. The van der Waals surface area contributed by atoms with Crippen LogP contribution < -0.4 is 5.32 Å². The van der Waals surface area contributed by atoms with E-state index in [4.69, 9.17) is 5.26 Å². The van der Waals surface area contributed by atoms with Gasteiger partial charge in [-0.25, -0.2) is 0 Å². The topological polar surface area (TPSA) is 79.0 Å². The molecule has 1 aromatic heterocycles. The number of nitrogens with one attached hydrogen (secondary N) is 1. The summed E-state index contributed by atoms with van der Waals surface area (Å²) >= 11 is 1.41. The normalized spacial score (nSPS) is 9.89. The first-order chi connectivity index (χ1) is 9.11. The van der Waals surface area contributed by atoms with E-state index in [0.29, 0.717) is 17.0 Å². The summed E-state index contributed by atoms with van der Waals surface area (Å²) in [5.74, 6) is 0. The number of nitro benzene ring substituents is 1. The van der Waals surface area contributed by atoms with Crippen LogP contribution in [-0.4, -0.2) is 4.92 Å². The smallest absolute Gasteiger partial charge is 0.274 e. The van der Waals surface area contributed by atoms with Crippen LogP contribution in [0.1, 0.15) is 15.3 Å². The monoisotopic (exact) mass is 273 g/mol. The van der Waals surface area contributed by atoms with Crippen molar-refractivity contribution in [2.24, 2.45) is 0 Å². The van der Waals surface area contributed by atoms with Crippen LogP contribution in [0.4, 0.5) is 11.4 Å². The van der Waals surface area contributed by atoms with E-state index in [1.54, 1.807) is 25.1 Å². The Bertz CT molecular complexity index is 658. The van der Waals surface area contributed by atoms with Crippen LogP contribution in [0, 0.1) is 28.4 Å². The first-order valence-corrected chi connectivity index (χ1v) is 6.40. The van der Waals surface area contributed by atoms with Gasteiger partial charge < -0.3 is 5.32 Å². The summed E-state index contributed by atoms with van der Waals surface area (Å²) in [5, 5.41) is 22.7. The summed E-state index contributed by atoms with van der Waals surface area (Å²) in [5.41, 5.74) is 1.46. The SMILES string of the molecule is Cc1c(NCc2ccc(C#N)s2)cccc1[N+](=O)[O-]. The molecule has 0 atom stereocenters. The van der Waals surface area contributed by atoms with Gasteiger partial charge in [0.25, 0.3) is 5.69 Å². The molecule has 0 fully saturated rings. The minimum Gasteiger partial charge on any atom is -0.380 e. The van der Waals surface area contributed by atoms with Crippen LogP contribution in [0.2, 0.25) is 0 Å². The number of nitriles is 1. The molecule has 1 N–H and O–H groups in total. The molecule has 0 bridgehead atoms. The molecule has 0 unspecified atom stereocenters. The van der Waals surface area contributed by atoms with Crippen molar-refractivity contribution < 1.29 is 4.92 Å². The van der Waals surface area contributed by atoms with Crippen molar-refractivity contribution in [3.8, 4) is 6.07 Å². The van der Waals surface area contributed by atoms with Gasteiger partial charge in [-0.3, -0.25) is 10.1 Å². The van der Waals surface area contributed by atoms with Crippen molar-refractivity contribution in [3.63, 3.8) is 0 Å². The molecular weight excluding hydrogens is 262 g/mol. The van der Waals surface area contributed by atoms with Gasteiger partial charge in [-0.2, -0.15) is 5.26 Å². The molecule has 0 aliphatic rings. The lowest BCUT2D eigenvalue weighted by Crippen LogP contribution is -2.01. The molecule has 0 spiro atoms. The molecule has 6 heteroatoms. The summed E-state index contributed by atoms with van der Waals surface area (Å²) in [4.78, 5) is 12.1. The zero-order chi connectivity index (χ0) is 13.8. The predicted octanol–water partition coefficient (Wildman–Crippen LogP) is 3.45. The highest BCUT2D eigenvalue weighted by Crippen LogP contribution is 2.26. The van der Waals surface area contributed by atoms with Gasteiger partial charge in [0.2, 0.25) is 0 Å². The van der Waals surface area contributed by atoms with E-state index in [1.807, 2.05) is 6.07 Å². The molecule has 2 aromatic rings. The fourth-order valence-electron chi connectivity index (χ4n) is 1.73. The molecule has 5 nitrogen and oxygen atoms in total. The highest BCUT2D eigenvalue weighted by atomic mass is 32.1. The Morgan fingerprint density at radius 3 is 2.84 bits per heavy atom. The van der Waals surface area contributed by atoms with E-state index in [9.17, 15) is 10.1 Å². The molecule has 0 saturated carbocycles. The number of nitro groups is 1.